The first-order valence-electron chi connectivity index (χ1n) is 16.5. The molecule has 1 N–H and O–H groups in total. The normalized spacial score (nSPS) is 13.5. The Morgan fingerprint density at radius 2 is 1.64 bits per heavy atom. The van der Waals surface area contributed by atoms with Crippen LogP contribution >= 0.6 is 0 Å². The number of amides is 1. The van der Waals surface area contributed by atoms with Gasteiger partial charge >= 0.3 is 6.09 Å². The Morgan fingerprint density at radius 3 is 2.34 bits per heavy atom. The van der Waals surface area contributed by atoms with Gasteiger partial charge in [-0.3, -0.25) is 4.90 Å². The van der Waals surface area contributed by atoms with Gasteiger partial charge in [0.15, 0.2) is 11.5 Å². The molecule has 2 heterocycles. The Kier molecular flexibility index (Phi) is 12.0. The minimum atomic E-state index is -0.827. The minimum absolute atomic E-state index is 0.0540. The molecule has 0 spiro atoms. The second-order valence-corrected chi connectivity index (χ2v) is 12.3. The maximum atomic E-state index is 14.8. The number of likely N-dealkylation sites (N-methyl/N-ethyl adjacent to an activating group) is 1. The van der Waals surface area contributed by atoms with Crippen LogP contribution in [0.5, 0.6) is 23.0 Å². The molecule has 1 amide bonds. The lowest BCUT2D eigenvalue weighted by atomic mass is 10.1. The van der Waals surface area contributed by atoms with E-state index in [9.17, 15) is 13.6 Å². The molecule has 1 fully saturated rings. The number of halogens is 2. The second-order valence-electron chi connectivity index (χ2n) is 12.3. The molecule has 1 saturated heterocycles. The first kappa shape index (κ1) is 36.3. The van der Waals surface area contributed by atoms with Crippen molar-refractivity contribution in [3.8, 4) is 23.0 Å². The molecule has 0 saturated carbocycles. The van der Waals surface area contributed by atoms with E-state index in [1.165, 1.54) is 19.4 Å². The van der Waals surface area contributed by atoms with Crippen LogP contribution in [-0.4, -0.2) is 86.5 Å². The Morgan fingerprint density at radius 1 is 0.920 bits per heavy atom. The van der Waals surface area contributed by atoms with Gasteiger partial charge in [0.25, 0.3) is 0 Å². The number of nitrogens with one attached hydrogen (secondary N) is 1. The summed E-state index contributed by atoms with van der Waals surface area (Å²) in [5.41, 5.74) is 3.00. The Labute approximate surface area is 291 Å². The van der Waals surface area contributed by atoms with Crippen molar-refractivity contribution in [1.82, 2.24) is 19.8 Å². The number of aryl methyl sites for hydroxylation is 3. The van der Waals surface area contributed by atoms with Crippen LogP contribution in [0.2, 0.25) is 0 Å². The first-order valence-corrected chi connectivity index (χ1v) is 16.5. The van der Waals surface area contributed by atoms with E-state index in [2.05, 4.69) is 32.1 Å². The zero-order valence-corrected chi connectivity index (χ0v) is 29.4. The van der Waals surface area contributed by atoms with Crippen LogP contribution in [0.1, 0.15) is 28.7 Å². The largest absolute Gasteiger partial charge is 0.493 e. The number of carbonyl (C=O) groups is 1. The van der Waals surface area contributed by atoms with Crippen molar-refractivity contribution < 1.29 is 32.5 Å². The number of hydrogen-bond donors (Lipinski definition) is 1. The number of nitrogens with zero attached hydrogens (tertiary/aromatic N) is 5. The summed E-state index contributed by atoms with van der Waals surface area (Å²) < 4.78 is 52.2. The van der Waals surface area contributed by atoms with Gasteiger partial charge in [-0.25, -0.2) is 18.6 Å². The van der Waals surface area contributed by atoms with Crippen molar-refractivity contribution in [2.45, 2.75) is 33.7 Å². The van der Waals surface area contributed by atoms with Crippen LogP contribution in [-0.2, 0) is 6.54 Å². The molecule has 13 heteroatoms. The van der Waals surface area contributed by atoms with Crippen molar-refractivity contribution in [2.75, 3.05) is 70.8 Å². The van der Waals surface area contributed by atoms with Crippen molar-refractivity contribution in [3.05, 3.63) is 88.6 Å². The van der Waals surface area contributed by atoms with Crippen LogP contribution in [0, 0.1) is 32.4 Å². The Hall–Kier alpha value is -5.01. The molecule has 1 aliphatic heterocycles. The Bertz CT molecular complexity index is 1780. The molecule has 0 unspecified atom stereocenters. The summed E-state index contributed by atoms with van der Waals surface area (Å²) in [6.45, 7) is 10.8. The molecule has 266 valence electrons. The van der Waals surface area contributed by atoms with Crippen molar-refractivity contribution in [1.29, 1.82) is 0 Å². The molecule has 5 rings (SSSR count). The van der Waals surface area contributed by atoms with Gasteiger partial charge in [0.1, 0.15) is 23.2 Å². The molecule has 1 aliphatic rings. The fourth-order valence-corrected chi connectivity index (χ4v) is 5.88. The summed E-state index contributed by atoms with van der Waals surface area (Å²) in [6, 6.07) is 11.8. The predicted molar refractivity (Wildman–Crippen MR) is 188 cm³/mol. The molecule has 11 nitrogen and oxygen atoms in total. The highest BCUT2D eigenvalue weighted by Crippen LogP contribution is 2.41. The van der Waals surface area contributed by atoms with Crippen LogP contribution in [0.4, 0.5) is 31.0 Å². The van der Waals surface area contributed by atoms with E-state index in [1.54, 1.807) is 19.2 Å². The maximum Gasteiger partial charge on any atom is 0.421 e. The van der Waals surface area contributed by atoms with Gasteiger partial charge in [0.05, 0.1) is 27.4 Å². The number of piperazine rings is 1. The third kappa shape index (κ3) is 9.16. The number of aromatic nitrogens is 2. The average molecular weight is 691 g/mol. The zero-order chi connectivity index (χ0) is 35.8. The molecule has 0 atom stereocenters. The average Bonchev–Trinajstić information content (AvgIpc) is 3.09. The van der Waals surface area contributed by atoms with E-state index in [-0.39, 0.29) is 23.9 Å². The van der Waals surface area contributed by atoms with Gasteiger partial charge in [0.2, 0.25) is 11.7 Å². The van der Waals surface area contributed by atoms with Gasteiger partial charge in [-0.05, 0) is 69.6 Å². The van der Waals surface area contributed by atoms with Gasteiger partial charge in [-0.2, -0.15) is 4.98 Å². The zero-order valence-electron chi connectivity index (χ0n) is 29.4. The molecule has 0 bridgehead atoms. The second kappa shape index (κ2) is 16.6. The number of rotatable bonds is 13. The van der Waals surface area contributed by atoms with E-state index >= 15 is 0 Å². The summed E-state index contributed by atoms with van der Waals surface area (Å²) in [5.74, 6) is 0.615. The molecule has 1 aromatic heterocycles. The maximum absolute atomic E-state index is 14.8. The summed E-state index contributed by atoms with van der Waals surface area (Å²) in [6.07, 6.45) is 1.45. The molecule has 4 aromatic rings. The topological polar surface area (TPSA) is 102 Å². The van der Waals surface area contributed by atoms with Gasteiger partial charge in [-0.15, -0.1) is 0 Å². The quantitative estimate of drug-likeness (QED) is 0.153. The number of anilines is 3. The van der Waals surface area contributed by atoms with E-state index in [0.717, 1.165) is 78.9 Å². The van der Waals surface area contributed by atoms with Crippen molar-refractivity contribution in [3.63, 3.8) is 0 Å². The summed E-state index contributed by atoms with van der Waals surface area (Å²) in [7, 11) is 5.21. The standard InChI is InChI=1S/C37H44F2N6O5/c1-24-18-25(2)34(26(3)19-24)50-37(46)45(23-27-20-28(38)8-9-30(27)39)33-10-11-40-36(42-33)41-29-21-31(47-5)35(48-6)32(22-29)49-17-7-12-44-15-13-43(4)14-16-44/h8-11,18-22H,7,12-17,23H2,1-6H3,(H,40,41,42). The summed E-state index contributed by atoms with van der Waals surface area (Å²) in [5, 5.41) is 3.15. The first-order chi connectivity index (χ1) is 24.0. The van der Waals surface area contributed by atoms with E-state index in [1.807, 2.05) is 32.9 Å². The van der Waals surface area contributed by atoms with Crippen LogP contribution in [0.25, 0.3) is 0 Å². The minimum Gasteiger partial charge on any atom is -0.493 e. The molecule has 50 heavy (non-hydrogen) atoms. The number of carbonyl (C=O) groups excluding carboxylic acids is 1. The lowest BCUT2D eigenvalue weighted by molar-refractivity contribution is 0.145. The number of benzene rings is 3. The summed E-state index contributed by atoms with van der Waals surface area (Å²) >= 11 is 0. The fourth-order valence-electron chi connectivity index (χ4n) is 5.88. The highest BCUT2D eigenvalue weighted by atomic mass is 19.1. The smallest absolute Gasteiger partial charge is 0.421 e. The lowest BCUT2D eigenvalue weighted by Crippen LogP contribution is -2.44. The SMILES string of the molecule is COc1cc(Nc2nccc(N(Cc3cc(F)ccc3F)C(=O)Oc3c(C)cc(C)cc3C)n2)cc(OCCCN2CCN(C)CC2)c1OC. The fraction of sp³-hybridized carbons (Fsp3) is 0.378. The van der Waals surface area contributed by atoms with Gasteiger partial charge < -0.3 is 34.1 Å². The monoisotopic (exact) mass is 690 g/mol. The number of ether oxygens (including phenoxy) is 4. The number of hydrogen-bond acceptors (Lipinski definition) is 10. The van der Waals surface area contributed by atoms with Crippen molar-refractivity contribution >= 4 is 23.5 Å². The molecule has 0 aliphatic carbocycles. The highest BCUT2D eigenvalue weighted by molar-refractivity contribution is 5.88. The van der Waals surface area contributed by atoms with Crippen LogP contribution < -0.4 is 29.2 Å². The molecular weight excluding hydrogens is 646 g/mol. The Balaban J connectivity index is 1.38. The van der Waals surface area contributed by atoms with Gasteiger partial charge in [0, 0.05) is 62.3 Å². The molecule has 3 aromatic carbocycles. The highest BCUT2D eigenvalue weighted by Gasteiger charge is 2.24. The van der Waals surface area contributed by atoms with E-state index < -0.39 is 17.7 Å². The predicted octanol–water partition coefficient (Wildman–Crippen LogP) is 6.66. The van der Waals surface area contributed by atoms with Crippen LogP contribution in [0.3, 0.4) is 0 Å². The van der Waals surface area contributed by atoms with Gasteiger partial charge in [-0.1, -0.05) is 17.7 Å². The third-order valence-corrected chi connectivity index (χ3v) is 8.44. The van der Waals surface area contributed by atoms with Crippen LogP contribution in [0.15, 0.2) is 54.7 Å². The molecule has 0 radical (unpaired) electrons. The third-order valence-electron chi connectivity index (χ3n) is 8.44. The van der Waals surface area contributed by atoms with Crippen molar-refractivity contribution in [2.24, 2.45) is 0 Å². The molecular formula is C37H44F2N6O5. The summed E-state index contributed by atoms with van der Waals surface area (Å²) in [4.78, 5) is 28.5. The van der Waals surface area contributed by atoms with E-state index in [4.69, 9.17) is 18.9 Å². The lowest BCUT2D eigenvalue weighted by Gasteiger charge is -2.32. The van der Waals surface area contributed by atoms with E-state index in [0.29, 0.717) is 35.3 Å². The number of methoxy groups -OCH3 is 2.